The number of nitrogens with one attached hydrogen (secondary N) is 1. The topological polar surface area (TPSA) is 73.3 Å². The molecule has 0 amide bonds. The summed E-state index contributed by atoms with van der Waals surface area (Å²) in [6.45, 7) is 1.79. The minimum Gasteiger partial charge on any atom is -0.397 e. The zero-order chi connectivity index (χ0) is 11.8. The maximum absolute atomic E-state index is 5.71. The number of anilines is 3. The second-order valence-corrected chi connectivity index (χ2v) is 3.82. The molecule has 0 unspecified atom stereocenters. The lowest BCUT2D eigenvalue weighted by Gasteiger charge is -2.08. The Kier molecular flexibility index (Phi) is 5.50. The minimum atomic E-state index is 0.629. The second kappa shape index (κ2) is 6.95. The Balaban J connectivity index is 2.19. The predicted molar refractivity (Wildman–Crippen MR) is 69.5 cm³/mol. The summed E-state index contributed by atoms with van der Waals surface area (Å²) in [4.78, 5) is 0. The zero-order valence-corrected chi connectivity index (χ0v) is 9.83. The third-order valence-electron chi connectivity index (χ3n) is 2.44. The van der Waals surface area contributed by atoms with Crippen molar-refractivity contribution in [3.63, 3.8) is 0 Å². The molecule has 5 N–H and O–H groups in total. The molecular formula is C12H21N3O. The van der Waals surface area contributed by atoms with Crippen LogP contribution in [0.5, 0.6) is 0 Å². The van der Waals surface area contributed by atoms with Crippen LogP contribution in [0, 0.1) is 0 Å². The monoisotopic (exact) mass is 223 g/mol. The van der Waals surface area contributed by atoms with Crippen molar-refractivity contribution in [1.29, 1.82) is 0 Å². The highest BCUT2D eigenvalue weighted by atomic mass is 16.5. The molecule has 0 heterocycles. The van der Waals surface area contributed by atoms with E-state index in [1.165, 1.54) is 6.42 Å². The van der Waals surface area contributed by atoms with Gasteiger partial charge in [-0.3, -0.25) is 0 Å². The number of nitrogen functional groups attached to an aromatic ring is 2. The van der Waals surface area contributed by atoms with Crippen LogP contribution in [0.3, 0.4) is 0 Å². The first-order valence-corrected chi connectivity index (χ1v) is 5.62. The summed E-state index contributed by atoms with van der Waals surface area (Å²) < 4.78 is 4.98. The van der Waals surface area contributed by atoms with Gasteiger partial charge in [0, 0.05) is 25.9 Å². The third-order valence-corrected chi connectivity index (χ3v) is 2.44. The maximum atomic E-state index is 5.71. The fraction of sp³-hybridized carbons (Fsp3) is 0.500. The quantitative estimate of drug-likeness (QED) is 0.489. The van der Waals surface area contributed by atoms with Gasteiger partial charge in [-0.1, -0.05) is 0 Å². The van der Waals surface area contributed by atoms with E-state index >= 15 is 0 Å². The molecule has 0 aliphatic heterocycles. The third kappa shape index (κ3) is 4.40. The molecule has 0 aliphatic carbocycles. The van der Waals surface area contributed by atoms with E-state index in [-0.39, 0.29) is 0 Å². The van der Waals surface area contributed by atoms with Gasteiger partial charge in [0.2, 0.25) is 0 Å². The van der Waals surface area contributed by atoms with Gasteiger partial charge < -0.3 is 21.5 Å². The molecule has 0 spiro atoms. The van der Waals surface area contributed by atoms with Gasteiger partial charge in [0.1, 0.15) is 0 Å². The van der Waals surface area contributed by atoms with Crippen molar-refractivity contribution >= 4 is 17.1 Å². The summed E-state index contributed by atoms with van der Waals surface area (Å²) in [7, 11) is 1.73. The molecule has 1 aromatic carbocycles. The van der Waals surface area contributed by atoms with Gasteiger partial charge in [0.05, 0.1) is 11.4 Å². The molecule has 1 aromatic rings. The molecule has 0 saturated heterocycles. The summed E-state index contributed by atoms with van der Waals surface area (Å²) in [6, 6.07) is 5.63. The summed E-state index contributed by atoms with van der Waals surface area (Å²) in [5, 5.41) is 3.31. The van der Waals surface area contributed by atoms with Gasteiger partial charge in [-0.2, -0.15) is 0 Å². The Labute approximate surface area is 97.0 Å². The van der Waals surface area contributed by atoms with E-state index in [1.54, 1.807) is 7.11 Å². The van der Waals surface area contributed by atoms with Gasteiger partial charge in [-0.25, -0.2) is 0 Å². The van der Waals surface area contributed by atoms with Crippen LogP contribution in [-0.2, 0) is 4.74 Å². The highest BCUT2D eigenvalue weighted by Gasteiger charge is 1.96. The van der Waals surface area contributed by atoms with Gasteiger partial charge >= 0.3 is 0 Å². The molecule has 4 heteroatoms. The van der Waals surface area contributed by atoms with Gasteiger partial charge in [-0.05, 0) is 37.5 Å². The lowest BCUT2D eigenvalue weighted by molar-refractivity contribution is 0.192. The first-order valence-electron chi connectivity index (χ1n) is 5.62. The van der Waals surface area contributed by atoms with E-state index in [0.29, 0.717) is 11.4 Å². The number of hydrogen-bond acceptors (Lipinski definition) is 4. The molecule has 0 aromatic heterocycles. The number of hydrogen-bond donors (Lipinski definition) is 3. The summed E-state index contributed by atoms with van der Waals surface area (Å²) in [5.41, 5.74) is 13.6. The van der Waals surface area contributed by atoms with Crippen molar-refractivity contribution in [2.75, 3.05) is 37.0 Å². The fourth-order valence-corrected chi connectivity index (χ4v) is 1.47. The molecule has 4 nitrogen and oxygen atoms in total. The van der Waals surface area contributed by atoms with Gasteiger partial charge in [-0.15, -0.1) is 0 Å². The van der Waals surface area contributed by atoms with Crippen molar-refractivity contribution in [3.05, 3.63) is 18.2 Å². The summed E-state index contributed by atoms with van der Waals surface area (Å²) in [5.74, 6) is 0. The molecule has 0 aliphatic rings. The number of ether oxygens (including phenoxy) is 1. The molecule has 90 valence electrons. The van der Waals surface area contributed by atoms with Crippen molar-refractivity contribution in [2.45, 2.75) is 19.3 Å². The van der Waals surface area contributed by atoms with Crippen LogP contribution < -0.4 is 16.8 Å². The average Bonchev–Trinajstić information content (AvgIpc) is 2.28. The van der Waals surface area contributed by atoms with Crippen molar-refractivity contribution in [2.24, 2.45) is 0 Å². The van der Waals surface area contributed by atoms with Crippen LogP contribution in [0.4, 0.5) is 17.1 Å². The van der Waals surface area contributed by atoms with E-state index in [9.17, 15) is 0 Å². The first kappa shape index (κ1) is 12.6. The number of nitrogens with two attached hydrogens (primary N) is 2. The summed E-state index contributed by atoms with van der Waals surface area (Å²) in [6.07, 6.45) is 3.42. The normalized spacial score (nSPS) is 10.3. The lowest BCUT2D eigenvalue weighted by atomic mass is 10.2. The van der Waals surface area contributed by atoms with E-state index in [2.05, 4.69) is 5.32 Å². The molecule has 0 atom stereocenters. The SMILES string of the molecule is COCCCCCNc1ccc(N)c(N)c1. The first-order chi connectivity index (χ1) is 7.74. The van der Waals surface area contributed by atoms with Gasteiger partial charge in [0.25, 0.3) is 0 Å². The predicted octanol–water partition coefficient (Wildman–Crippen LogP) is 2.08. The van der Waals surface area contributed by atoms with Crippen molar-refractivity contribution in [3.8, 4) is 0 Å². The van der Waals surface area contributed by atoms with Gasteiger partial charge in [0.15, 0.2) is 0 Å². The van der Waals surface area contributed by atoms with Crippen LogP contribution in [0.25, 0.3) is 0 Å². The van der Waals surface area contributed by atoms with E-state index in [4.69, 9.17) is 16.2 Å². The standard InChI is InChI=1S/C12H21N3O/c1-16-8-4-2-3-7-15-10-5-6-11(13)12(14)9-10/h5-6,9,15H,2-4,7-8,13-14H2,1H3. The molecule has 1 rings (SSSR count). The maximum Gasteiger partial charge on any atom is 0.0568 e. The van der Waals surface area contributed by atoms with Crippen LogP contribution in [0.2, 0.25) is 0 Å². The average molecular weight is 223 g/mol. The molecule has 0 fully saturated rings. The van der Waals surface area contributed by atoms with E-state index in [1.807, 2.05) is 18.2 Å². The van der Waals surface area contributed by atoms with Crippen LogP contribution in [0.15, 0.2) is 18.2 Å². The Morgan fingerprint density at radius 2 is 1.94 bits per heavy atom. The number of unbranched alkanes of at least 4 members (excludes halogenated alkanes) is 2. The van der Waals surface area contributed by atoms with Crippen molar-refractivity contribution < 1.29 is 4.74 Å². The Morgan fingerprint density at radius 1 is 1.12 bits per heavy atom. The molecule has 0 bridgehead atoms. The zero-order valence-electron chi connectivity index (χ0n) is 9.83. The van der Waals surface area contributed by atoms with Crippen LogP contribution >= 0.6 is 0 Å². The smallest absolute Gasteiger partial charge is 0.0568 e. The highest BCUT2D eigenvalue weighted by Crippen LogP contribution is 2.19. The molecular weight excluding hydrogens is 202 g/mol. The van der Waals surface area contributed by atoms with Crippen LogP contribution in [-0.4, -0.2) is 20.3 Å². The highest BCUT2D eigenvalue weighted by molar-refractivity contribution is 5.69. The van der Waals surface area contributed by atoms with E-state index < -0.39 is 0 Å². The molecule has 0 radical (unpaired) electrons. The molecule has 0 saturated carbocycles. The Bertz CT molecular complexity index is 315. The fourth-order valence-electron chi connectivity index (χ4n) is 1.47. The minimum absolute atomic E-state index is 0.629. The Hall–Kier alpha value is -1.42. The summed E-state index contributed by atoms with van der Waals surface area (Å²) >= 11 is 0. The van der Waals surface area contributed by atoms with Crippen LogP contribution in [0.1, 0.15) is 19.3 Å². The Morgan fingerprint density at radius 3 is 2.62 bits per heavy atom. The number of methoxy groups -OCH3 is 1. The van der Waals surface area contributed by atoms with Crippen molar-refractivity contribution in [1.82, 2.24) is 0 Å². The number of rotatable bonds is 7. The lowest BCUT2D eigenvalue weighted by Crippen LogP contribution is -2.03. The van der Waals surface area contributed by atoms with E-state index in [0.717, 1.165) is 31.7 Å². The molecule has 16 heavy (non-hydrogen) atoms. The second-order valence-electron chi connectivity index (χ2n) is 3.82. The largest absolute Gasteiger partial charge is 0.397 e. The number of benzene rings is 1.